The number of unbranched alkanes of at least 4 members (excludes halogenated alkanes) is 28. The quantitative estimate of drug-likeness (QED) is 0.0175. The standard InChI is InChI=1S/C84H127Cl6N2O20P/c1-7-11-15-19-23-25-29-31-40-54-67(105-72(94)56-46-33-27-21-17-13-9-3)58-71(93)91-69(78(97)101-60-64-48-38-35-39-49-64)61-102-79-75(92-80(98)104-63-83(85,86)87)77(108-74(96)59-68(55-41-32-30-26-24-20-16-12-8-2)106-73(95)57-47-34-28-22-18-14-10-4)76(70(107-79)62-103-81(99)109-82(5,6)84(88,89)90)112-113(100,110-65-50-42-36-43-51-65)111-66-52-44-37-45-53-66/h35-39,42-45,48-53,67-70,75-77,79H,7-34,40-41,46-47,54-63H2,1-6H3,(H,91,93)(H,92,98)/t67-,68-,69-,70-,75-,76-,77-,79?/m1/s1. The molecule has 1 aliphatic heterocycles. The van der Waals surface area contributed by atoms with Gasteiger partial charge in [-0.15, -0.1) is 0 Å². The number of para-hydroxylation sites is 2. The van der Waals surface area contributed by atoms with E-state index in [9.17, 15) is 28.8 Å². The van der Waals surface area contributed by atoms with Crippen LogP contribution in [0.15, 0.2) is 91.0 Å². The molecule has 113 heavy (non-hydrogen) atoms. The van der Waals surface area contributed by atoms with Crippen LogP contribution < -0.4 is 19.7 Å². The third-order valence-corrected chi connectivity index (χ3v) is 22.1. The van der Waals surface area contributed by atoms with Gasteiger partial charge in [0.2, 0.25) is 13.5 Å². The van der Waals surface area contributed by atoms with Crippen LogP contribution in [-0.4, -0.2) is 124 Å². The summed E-state index contributed by atoms with van der Waals surface area (Å²) in [5.41, 5.74) is -1.29. The van der Waals surface area contributed by atoms with E-state index >= 15 is 9.36 Å². The minimum absolute atomic E-state index is 0.0603. The van der Waals surface area contributed by atoms with Crippen molar-refractivity contribution in [2.24, 2.45) is 0 Å². The topological polar surface area (TPSA) is 271 Å². The number of ether oxygens (including phenoxy) is 9. The predicted octanol–water partition coefficient (Wildman–Crippen LogP) is 23.0. The first-order valence-electron chi connectivity index (χ1n) is 41.2. The van der Waals surface area contributed by atoms with Gasteiger partial charge in [-0.1, -0.05) is 344 Å². The van der Waals surface area contributed by atoms with Crippen molar-refractivity contribution in [3.05, 3.63) is 96.6 Å². The van der Waals surface area contributed by atoms with Gasteiger partial charge in [0.15, 0.2) is 24.0 Å². The van der Waals surface area contributed by atoms with Crippen LogP contribution in [0.5, 0.6) is 11.5 Å². The molecule has 2 amide bonds. The number of rotatable bonds is 61. The maximum absolute atomic E-state index is 15.9. The van der Waals surface area contributed by atoms with E-state index in [0.29, 0.717) is 37.7 Å². The second-order valence-electron chi connectivity index (χ2n) is 29.5. The first-order chi connectivity index (χ1) is 54.2. The Morgan fingerprint density at radius 2 is 0.929 bits per heavy atom. The van der Waals surface area contributed by atoms with Crippen molar-refractivity contribution in [1.82, 2.24) is 10.6 Å². The number of carbonyl (C=O) groups is 7. The lowest BCUT2D eigenvalue weighted by Gasteiger charge is -2.45. The number of carbonyl (C=O) groups excluding carboxylic acids is 7. The molecule has 4 rings (SSSR count). The van der Waals surface area contributed by atoms with Crippen LogP contribution in [-0.2, 0) is 82.3 Å². The number of phosphoric ester groups is 1. The summed E-state index contributed by atoms with van der Waals surface area (Å²) in [6, 6.07) is 20.4. The van der Waals surface area contributed by atoms with Crippen molar-refractivity contribution < 1.29 is 94.3 Å². The van der Waals surface area contributed by atoms with Gasteiger partial charge in [-0.2, -0.15) is 0 Å². The summed E-state index contributed by atoms with van der Waals surface area (Å²) in [6.07, 6.45) is 18.1. The summed E-state index contributed by atoms with van der Waals surface area (Å²) in [7, 11) is -5.26. The van der Waals surface area contributed by atoms with Gasteiger partial charge in [-0.25, -0.2) is 18.9 Å². The molecule has 8 atom stereocenters. The van der Waals surface area contributed by atoms with Crippen LogP contribution in [0.2, 0.25) is 0 Å². The van der Waals surface area contributed by atoms with E-state index in [1.807, 2.05) is 0 Å². The Balaban J connectivity index is 1.93. The molecule has 1 saturated heterocycles. The number of alkyl halides is 6. The number of hydrogen-bond donors (Lipinski definition) is 2. The number of esters is 4. The molecule has 2 N–H and O–H groups in total. The summed E-state index contributed by atoms with van der Waals surface area (Å²) in [4.78, 5) is 101. The van der Waals surface area contributed by atoms with E-state index < -0.39 is 138 Å². The molecule has 1 aliphatic rings. The van der Waals surface area contributed by atoms with Crippen molar-refractivity contribution in [2.45, 2.75) is 354 Å². The monoisotopic (exact) mass is 1720 g/mol. The highest BCUT2D eigenvalue weighted by atomic mass is 35.6. The van der Waals surface area contributed by atoms with E-state index in [-0.39, 0.29) is 43.8 Å². The first-order valence-corrected chi connectivity index (χ1v) is 44.9. The van der Waals surface area contributed by atoms with Gasteiger partial charge in [-0.05, 0) is 82.2 Å². The minimum Gasteiger partial charge on any atom is -0.462 e. The van der Waals surface area contributed by atoms with Gasteiger partial charge >= 0.3 is 43.9 Å². The number of alkyl carbamates (subject to hydrolysis) is 1. The van der Waals surface area contributed by atoms with Gasteiger partial charge in [0.05, 0.1) is 19.4 Å². The summed E-state index contributed by atoms with van der Waals surface area (Å²) >= 11 is 37.2. The van der Waals surface area contributed by atoms with Gasteiger partial charge in [0.25, 0.3) is 0 Å². The molecule has 0 radical (unpaired) electrons. The number of nitrogens with one attached hydrogen (secondary N) is 2. The predicted molar refractivity (Wildman–Crippen MR) is 443 cm³/mol. The van der Waals surface area contributed by atoms with Crippen molar-refractivity contribution >= 4 is 119 Å². The maximum Gasteiger partial charge on any atom is 0.588 e. The van der Waals surface area contributed by atoms with Gasteiger partial charge in [-0.3, -0.25) is 23.7 Å². The van der Waals surface area contributed by atoms with E-state index in [1.165, 1.54) is 51.0 Å². The fraction of sp³-hybridized carbons (Fsp3) is 0.702. The van der Waals surface area contributed by atoms with Gasteiger partial charge in [0, 0.05) is 12.8 Å². The fourth-order valence-corrected chi connectivity index (χ4v) is 14.3. The van der Waals surface area contributed by atoms with E-state index in [4.69, 9.17) is 126 Å². The molecule has 22 nitrogen and oxygen atoms in total. The van der Waals surface area contributed by atoms with Crippen molar-refractivity contribution in [2.75, 3.05) is 19.8 Å². The normalized spacial score (nSPS) is 16.7. The average Bonchev–Trinajstić information content (AvgIpc) is 0.770. The first kappa shape index (κ1) is 100. The molecule has 0 aliphatic carbocycles. The lowest BCUT2D eigenvalue weighted by atomic mass is 9.96. The molecule has 1 fully saturated rings. The summed E-state index contributed by atoms with van der Waals surface area (Å²) in [5.74, 6) is -3.99. The third-order valence-electron chi connectivity index (χ3n) is 19.0. The Hall–Kier alpha value is -5.00. The molecule has 0 aromatic heterocycles. The van der Waals surface area contributed by atoms with E-state index in [2.05, 4.69) is 38.3 Å². The Labute approximate surface area is 702 Å². The molecule has 640 valence electrons. The molecule has 1 unspecified atom stereocenters. The van der Waals surface area contributed by atoms with Crippen LogP contribution in [0.25, 0.3) is 0 Å². The SMILES string of the molecule is CCCCCCCCCCC[C@H](CC(=O)N[C@H](COC1O[C@H](COC(=O)OC(C)(C)C(Cl)(Cl)Cl)[C@@H](OP(=O)(Oc2ccccc2)Oc2ccccc2)[C@H](OC(=O)C[C@@H](CCCCCCCCCCC)OC(=O)CCCCCCCCC)[C@H]1NC(=O)OCC(Cl)(Cl)Cl)C(=O)OCc1ccccc1)OC(=O)CCCCCCCCC. The summed E-state index contributed by atoms with van der Waals surface area (Å²) in [5, 5.41) is 5.31. The highest BCUT2D eigenvalue weighted by Crippen LogP contribution is 2.53. The lowest BCUT2D eigenvalue weighted by molar-refractivity contribution is -0.272. The third kappa shape index (κ3) is 45.5. The van der Waals surface area contributed by atoms with E-state index in [1.54, 1.807) is 66.7 Å². The molecule has 3 aromatic rings. The Morgan fingerprint density at radius 1 is 0.504 bits per heavy atom. The highest BCUT2D eigenvalue weighted by Gasteiger charge is 2.55. The average molecular weight is 1730 g/mol. The Kier molecular flexibility index (Phi) is 51.5. The second kappa shape index (κ2) is 58.0. The smallest absolute Gasteiger partial charge is 0.462 e. The van der Waals surface area contributed by atoms with Crippen molar-refractivity contribution in [1.29, 1.82) is 0 Å². The van der Waals surface area contributed by atoms with Crippen LogP contribution in [0.1, 0.15) is 291 Å². The van der Waals surface area contributed by atoms with E-state index in [0.717, 1.165) is 167 Å². The van der Waals surface area contributed by atoms with Crippen LogP contribution in [0.4, 0.5) is 9.59 Å². The number of halogens is 6. The van der Waals surface area contributed by atoms with Gasteiger partial charge in [0.1, 0.15) is 61.8 Å². The highest BCUT2D eigenvalue weighted by molar-refractivity contribution is 7.49. The number of hydrogen-bond acceptors (Lipinski definition) is 20. The number of phosphoric acid groups is 1. The lowest BCUT2D eigenvalue weighted by Crippen LogP contribution is -2.67. The molecular formula is C84H127Cl6N2O20P. The largest absolute Gasteiger partial charge is 0.588 e. The molecule has 0 spiro atoms. The molecular weight excluding hydrogens is 1600 g/mol. The van der Waals surface area contributed by atoms with Crippen molar-refractivity contribution in [3.8, 4) is 11.5 Å². The zero-order valence-corrected chi connectivity index (χ0v) is 72.8. The minimum atomic E-state index is -5.26. The maximum atomic E-state index is 15.9. The molecule has 29 heteroatoms. The molecule has 0 bridgehead atoms. The second-order valence-corrected chi connectivity index (χ2v) is 35.8. The Morgan fingerprint density at radius 3 is 1.37 bits per heavy atom. The van der Waals surface area contributed by atoms with Crippen molar-refractivity contribution in [3.63, 3.8) is 0 Å². The Bertz CT molecular complexity index is 3110. The molecule has 1 heterocycles. The number of amides is 2. The fourth-order valence-electron chi connectivity index (χ4n) is 12.6. The zero-order chi connectivity index (χ0) is 82.6. The van der Waals surface area contributed by atoms with Gasteiger partial charge < -0.3 is 62.3 Å². The van der Waals surface area contributed by atoms with Crippen LogP contribution in [0.3, 0.4) is 0 Å². The molecule has 0 saturated carbocycles. The zero-order valence-electron chi connectivity index (χ0n) is 67.4. The summed E-state index contributed by atoms with van der Waals surface area (Å²) < 4.78 is 84.9. The van der Waals surface area contributed by atoms with Crippen LogP contribution in [0, 0.1) is 0 Å². The van der Waals surface area contributed by atoms with Crippen LogP contribution >= 0.6 is 77.4 Å². The molecule has 3 aromatic carbocycles. The summed E-state index contributed by atoms with van der Waals surface area (Å²) in [6.45, 7) is 8.16. The number of benzene rings is 3.